The molecule has 26 heavy (non-hydrogen) atoms. The molecule has 0 radical (unpaired) electrons. The van der Waals surface area contributed by atoms with Crippen LogP contribution in [-0.4, -0.2) is 24.0 Å². The van der Waals surface area contributed by atoms with Gasteiger partial charge in [0.05, 0.1) is 24.2 Å². The van der Waals surface area contributed by atoms with E-state index in [0.29, 0.717) is 5.92 Å². The Morgan fingerprint density at radius 2 is 1.85 bits per heavy atom. The molecule has 3 rings (SSSR count). The summed E-state index contributed by atoms with van der Waals surface area (Å²) in [6, 6.07) is 0.829. The lowest BCUT2D eigenvalue weighted by Gasteiger charge is -2.31. The van der Waals surface area contributed by atoms with Crippen molar-refractivity contribution in [3.63, 3.8) is 0 Å². The maximum Gasteiger partial charge on any atom is 0.416 e. The van der Waals surface area contributed by atoms with E-state index in [1.807, 2.05) is 0 Å². The van der Waals surface area contributed by atoms with E-state index in [0.717, 1.165) is 25.0 Å². The molecule has 2 aliphatic rings. The summed E-state index contributed by atoms with van der Waals surface area (Å²) in [5, 5.41) is 8.09. The highest BCUT2D eigenvalue weighted by Gasteiger charge is 2.39. The van der Waals surface area contributed by atoms with Gasteiger partial charge in [0.25, 0.3) is 0 Å². The number of hydrogen-bond donors (Lipinski definition) is 3. The lowest BCUT2D eigenvalue weighted by Crippen LogP contribution is -2.61. The van der Waals surface area contributed by atoms with Crippen LogP contribution < -0.4 is 16.0 Å². The monoisotopic (exact) mass is 409 g/mol. The highest BCUT2D eigenvalue weighted by atomic mass is 35.5. The van der Waals surface area contributed by atoms with Crippen molar-refractivity contribution < 1.29 is 22.8 Å². The molecule has 1 aromatic carbocycles. The lowest BCUT2D eigenvalue weighted by atomic mass is 10.1. The summed E-state index contributed by atoms with van der Waals surface area (Å²) in [6.45, 7) is -0.136. The number of rotatable bonds is 4. The summed E-state index contributed by atoms with van der Waals surface area (Å²) in [5.41, 5.74) is -0.769. The van der Waals surface area contributed by atoms with Gasteiger partial charge in [0.1, 0.15) is 0 Å². The number of halogens is 5. The van der Waals surface area contributed by atoms with E-state index in [1.54, 1.807) is 0 Å². The smallest absolute Gasteiger partial charge is 0.351 e. The molecule has 2 atom stereocenters. The molecule has 0 spiro atoms. The minimum absolute atomic E-state index is 0.0104. The van der Waals surface area contributed by atoms with Gasteiger partial charge in [-0.2, -0.15) is 13.2 Å². The normalized spacial score (nSPS) is 23.5. The Balaban J connectivity index is 1.65. The highest BCUT2D eigenvalue weighted by molar-refractivity contribution is 6.36. The number of nitrogens with one attached hydrogen (secondary N) is 3. The summed E-state index contributed by atoms with van der Waals surface area (Å²) in [7, 11) is 0. The van der Waals surface area contributed by atoms with Crippen molar-refractivity contribution in [1.29, 1.82) is 0 Å². The van der Waals surface area contributed by atoms with E-state index in [-0.39, 0.29) is 40.6 Å². The first kappa shape index (κ1) is 19.3. The maximum absolute atomic E-state index is 12.7. The lowest BCUT2D eigenvalue weighted by molar-refractivity contribution is -0.137. The van der Waals surface area contributed by atoms with E-state index in [9.17, 15) is 22.8 Å². The first-order chi connectivity index (χ1) is 12.1. The van der Waals surface area contributed by atoms with Gasteiger partial charge in [-0.05, 0) is 30.9 Å². The van der Waals surface area contributed by atoms with Gasteiger partial charge in [-0.25, -0.2) is 0 Å². The second kappa shape index (κ2) is 7.25. The van der Waals surface area contributed by atoms with Crippen LogP contribution in [0.3, 0.4) is 0 Å². The van der Waals surface area contributed by atoms with Crippen LogP contribution in [0.1, 0.15) is 30.4 Å². The van der Waals surface area contributed by atoms with Crippen molar-refractivity contribution in [2.45, 2.75) is 44.2 Å². The van der Waals surface area contributed by atoms with Crippen molar-refractivity contribution in [2.24, 2.45) is 5.92 Å². The molecule has 1 aliphatic heterocycles. The molecule has 1 heterocycles. The van der Waals surface area contributed by atoms with Gasteiger partial charge in [0, 0.05) is 22.2 Å². The van der Waals surface area contributed by atoms with Crippen LogP contribution in [0.4, 0.5) is 13.2 Å². The van der Waals surface area contributed by atoms with E-state index < -0.39 is 23.7 Å². The first-order valence-electron chi connectivity index (χ1n) is 8.03. The Morgan fingerprint density at radius 3 is 2.38 bits per heavy atom. The van der Waals surface area contributed by atoms with Crippen LogP contribution in [-0.2, 0) is 22.3 Å². The van der Waals surface area contributed by atoms with E-state index in [4.69, 9.17) is 23.2 Å². The summed E-state index contributed by atoms with van der Waals surface area (Å²) in [5.74, 6) is -0.322. The fourth-order valence-electron chi connectivity index (χ4n) is 2.82. The zero-order valence-electron chi connectivity index (χ0n) is 13.4. The summed E-state index contributed by atoms with van der Waals surface area (Å²) < 4.78 is 38.2. The number of carbonyl (C=O) groups is 2. The topological polar surface area (TPSA) is 70.2 Å². The van der Waals surface area contributed by atoms with Gasteiger partial charge in [-0.15, -0.1) is 0 Å². The first-order valence-corrected chi connectivity index (χ1v) is 8.79. The molecule has 1 saturated heterocycles. The number of hydrogen-bond acceptors (Lipinski definition) is 3. The molecule has 1 aliphatic carbocycles. The molecule has 1 aromatic rings. The van der Waals surface area contributed by atoms with E-state index in [1.165, 1.54) is 0 Å². The third-order valence-electron chi connectivity index (χ3n) is 4.40. The number of alkyl halides is 3. The summed E-state index contributed by atoms with van der Waals surface area (Å²) in [6.07, 6.45) is -2.83. The SMILES string of the molecule is O=C1CC(C(=O)NCc2c(Cl)cc(C(F)(F)F)cc2Cl)NC(C2CC2)N1. The molecular formula is C16H16Cl2F3N3O2. The Morgan fingerprint density at radius 1 is 1.23 bits per heavy atom. The number of amides is 2. The van der Waals surface area contributed by atoms with Gasteiger partial charge in [0.15, 0.2) is 0 Å². The van der Waals surface area contributed by atoms with Crippen molar-refractivity contribution in [2.75, 3.05) is 0 Å². The third kappa shape index (κ3) is 4.42. The second-order valence-corrected chi connectivity index (χ2v) is 7.25. The molecule has 0 aromatic heterocycles. The van der Waals surface area contributed by atoms with Crippen LogP contribution in [0, 0.1) is 5.92 Å². The molecule has 2 amide bonds. The Labute approximate surface area is 157 Å². The summed E-state index contributed by atoms with van der Waals surface area (Å²) in [4.78, 5) is 24.1. The average molecular weight is 410 g/mol. The predicted molar refractivity (Wildman–Crippen MR) is 89.5 cm³/mol. The standard InChI is InChI=1S/C16H16Cl2F3N3O2/c17-10-3-8(16(19,20)21)4-11(18)9(10)6-22-15(26)12-5-13(25)24-14(23-12)7-1-2-7/h3-4,7,12,14,23H,1-2,5-6H2,(H,22,26)(H,24,25). The largest absolute Gasteiger partial charge is 0.416 e. The van der Waals surface area contributed by atoms with Gasteiger partial charge >= 0.3 is 6.18 Å². The van der Waals surface area contributed by atoms with Gasteiger partial charge < -0.3 is 10.6 Å². The Kier molecular flexibility index (Phi) is 5.37. The van der Waals surface area contributed by atoms with Gasteiger partial charge in [-0.3, -0.25) is 14.9 Å². The minimum Gasteiger partial charge on any atom is -0.351 e. The average Bonchev–Trinajstić information content (AvgIpc) is 3.37. The maximum atomic E-state index is 12.7. The van der Waals surface area contributed by atoms with Gasteiger partial charge in [-0.1, -0.05) is 23.2 Å². The molecular weight excluding hydrogens is 394 g/mol. The zero-order valence-corrected chi connectivity index (χ0v) is 14.9. The predicted octanol–water partition coefficient (Wildman–Crippen LogP) is 2.84. The highest BCUT2D eigenvalue weighted by Crippen LogP contribution is 2.36. The molecule has 2 fully saturated rings. The van der Waals surface area contributed by atoms with E-state index >= 15 is 0 Å². The van der Waals surface area contributed by atoms with Gasteiger partial charge in [0.2, 0.25) is 11.8 Å². The number of carbonyl (C=O) groups excluding carboxylic acids is 2. The molecule has 2 unspecified atom stereocenters. The molecule has 10 heteroatoms. The molecule has 3 N–H and O–H groups in total. The van der Waals surface area contributed by atoms with Crippen LogP contribution in [0.5, 0.6) is 0 Å². The van der Waals surface area contributed by atoms with Crippen LogP contribution in [0.2, 0.25) is 10.0 Å². The van der Waals surface area contributed by atoms with Crippen molar-refractivity contribution in [3.05, 3.63) is 33.3 Å². The fourth-order valence-corrected chi connectivity index (χ4v) is 3.44. The molecule has 0 bridgehead atoms. The van der Waals surface area contributed by atoms with Crippen molar-refractivity contribution in [3.8, 4) is 0 Å². The number of benzene rings is 1. The van der Waals surface area contributed by atoms with E-state index in [2.05, 4.69) is 16.0 Å². The van der Waals surface area contributed by atoms with Crippen LogP contribution >= 0.6 is 23.2 Å². The molecule has 5 nitrogen and oxygen atoms in total. The molecule has 1 saturated carbocycles. The van der Waals surface area contributed by atoms with Crippen molar-refractivity contribution in [1.82, 2.24) is 16.0 Å². The van der Waals surface area contributed by atoms with Crippen molar-refractivity contribution >= 4 is 35.0 Å². The Bertz CT molecular complexity index is 715. The zero-order chi connectivity index (χ0) is 19.1. The molecule has 142 valence electrons. The second-order valence-electron chi connectivity index (χ2n) is 6.44. The minimum atomic E-state index is -4.56. The quantitative estimate of drug-likeness (QED) is 0.715. The summed E-state index contributed by atoms with van der Waals surface area (Å²) >= 11 is 11.8. The fraction of sp³-hybridized carbons (Fsp3) is 0.500. The Hall–Kier alpha value is -1.51. The van der Waals surface area contributed by atoms with Crippen LogP contribution in [0.25, 0.3) is 0 Å². The third-order valence-corrected chi connectivity index (χ3v) is 5.08. The van der Waals surface area contributed by atoms with Crippen LogP contribution in [0.15, 0.2) is 12.1 Å².